The first-order chi connectivity index (χ1) is 7.91. The van der Waals surface area contributed by atoms with Crippen LogP contribution in [0, 0.1) is 3.57 Å². The van der Waals surface area contributed by atoms with Crippen molar-refractivity contribution >= 4 is 40.1 Å². The Hall–Kier alpha value is -0.330. The molecule has 1 amide bonds. The van der Waals surface area contributed by atoms with Crippen molar-refractivity contribution in [2.24, 2.45) is 0 Å². The second-order valence-electron chi connectivity index (χ2n) is 3.99. The lowest BCUT2D eigenvalue weighted by atomic mass is 10.2. The fourth-order valence-electron chi connectivity index (χ4n) is 1.35. The first-order valence-electron chi connectivity index (χ1n) is 5.30. The smallest absolute Gasteiger partial charge is 0.254 e. The summed E-state index contributed by atoms with van der Waals surface area (Å²) in [5.41, 5.74) is 0.603. The van der Waals surface area contributed by atoms with Crippen LogP contribution in [0.25, 0.3) is 0 Å². The Labute approximate surface area is 120 Å². The number of carbonyl (C=O) groups is 1. The summed E-state index contributed by atoms with van der Waals surface area (Å²) >= 11 is 7.99. The van der Waals surface area contributed by atoms with Crippen molar-refractivity contribution in [3.63, 3.8) is 0 Å². The lowest BCUT2D eigenvalue weighted by Crippen LogP contribution is -2.30. The normalized spacial score (nSPS) is 12.3. The molecule has 3 nitrogen and oxygen atoms in total. The Bertz CT molecular complexity index is 409. The van der Waals surface area contributed by atoms with Crippen molar-refractivity contribution in [1.82, 2.24) is 4.90 Å². The zero-order chi connectivity index (χ0) is 13.0. The molecule has 1 aromatic carbocycles. The number of nitrogens with zero attached hydrogens (tertiary/aromatic N) is 1. The Morgan fingerprint density at radius 1 is 1.59 bits per heavy atom. The molecule has 1 atom stereocenters. The van der Waals surface area contributed by atoms with Gasteiger partial charge in [0.05, 0.1) is 11.7 Å². The molecule has 94 valence electrons. The molecule has 0 aromatic heterocycles. The highest BCUT2D eigenvalue weighted by molar-refractivity contribution is 14.1. The van der Waals surface area contributed by atoms with Gasteiger partial charge in [-0.2, -0.15) is 0 Å². The number of hydrogen-bond donors (Lipinski definition) is 1. The maximum absolute atomic E-state index is 12.1. The molecule has 1 rings (SSSR count). The topological polar surface area (TPSA) is 40.5 Å². The monoisotopic (exact) mass is 367 g/mol. The highest BCUT2D eigenvalue weighted by Crippen LogP contribution is 2.19. The summed E-state index contributed by atoms with van der Waals surface area (Å²) in [7, 11) is 1.72. The average Bonchev–Trinajstić information content (AvgIpc) is 2.28. The third-order valence-electron chi connectivity index (χ3n) is 2.39. The number of aliphatic hydroxyl groups excluding tert-OH is 1. The Kier molecular flexibility index (Phi) is 5.69. The number of benzene rings is 1. The van der Waals surface area contributed by atoms with Gasteiger partial charge in [-0.25, -0.2) is 0 Å². The van der Waals surface area contributed by atoms with Crippen molar-refractivity contribution < 1.29 is 9.90 Å². The van der Waals surface area contributed by atoms with E-state index >= 15 is 0 Å². The van der Waals surface area contributed by atoms with Gasteiger partial charge in [0, 0.05) is 22.2 Å². The fourth-order valence-corrected chi connectivity index (χ4v) is 2.09. The summed E-state index contributed by atoms with van der Waals surface area (Å²) in [4.78, 5) is 13.7. The van der Waals surface area contributed by atoms with E-state index in [1.54, 1.807) is 31.0 Å². The van der Waals surface area contributed by atoms with Crippen LogP contribution in [0.2, 0.25) is 5.02 Å². The Morgan fingerprint density at radius 3 is 2.82 bits per heavy atom. The van der Waals surface area contributed by atoms with Gasteiger partial charge in [0.25, 0.3) is 5.91 Å². The van der Waals surface area contributed by atoms with E-state index in [1.807, 2.05) is 6.07 Å². The van der Waals surface area contributed by atoms with Gasteiger partial charge in [0.15, 0.2) is 0 Å². The fraction of sp³-hybridized carbons (Fsp3) is 0.417. The summed E-state index contributed by atoms with van der Waals surface area (Å²) in [6.45, 7) is 2.24. The molecule has 17 heavy (non-hydrogen) atoms. The van der Waals surface area contributed by atoms with E-state index in [1.165, 1.54) is 0 Å². The molecule has 0 aliphatic rings. The molecule has 0 bridgehead atoms. The lowest BCUT2D eigenvalue weighted by molar-refractivity contribution is 0.0768. The Balaban J connectivity index is 2.78. The molecule has 0 spiro atoms. The SMILES string of the molecule is CC(O)CCN(C)C(=O)c1cc(Cl)ccc1I. The first-order valence-corrected chi connectivity index (χ1v) is 6.76. The molecular formula is C12H15ClINO2. The van der Waals surface area contributed by atoms with Gasteiger partial charge in [0.1, 0.15) is 0 Å². The van der Waals surface area contributed by atoms with E-state index in [0.29, 0.717) is 23.6 Å². The third-order valence-corrected chi connectivity index (χ3v) is 3.56. The van der Waals surface area contributed by atoms with Crippen molar-refractivity contribution in [2.75, 3.05) is 13.6 Å². The van der Waals surface area contributed by atoms with E-state index in [9.17, 15) is 9.90 Å². The molecule has 1 unspecified atom stereocenters. The second kappa shape index (κ2) is 6.56. The lowest BCUT2D eigenvalue weighted by Gasteiger charge is -2.18. The summed E-state index contributed by atoms with van der Waals surface area (Å²) < 4.78 is 0.876. The van der Waals surface area contributed by atoms with Crippen molar-refractivity contribution in [1.29, 1.82) is 0 Å². The van der Waals surface area contributed by atoms with Gasteiger partial charge >= 0.3 is 0 Å². The van der Waals surface area contributed by atoms with Crippen LogP contribution in [0.5, 0.6) is 0 Å². The van der Waals surface area contributed by atoms with E-state index in [4.69, 9.17) is 11.6 Å². The first kappa shape index (κ1) is 14.7. The molecule has 0 aliphatic heterocycles. The summed E-state index contributed by atoms with van der Waals surface area (Å²) in [6, 6.07) is 5.25. The van der Waals surface area contributed by atoms with Gasteiger partial charge in [0.2, 0.25) is 0 Å². The summed E-state index contributed by atoms with van der Waals surface area (Å²) in [6.07, 6.45) is 0.169. The second-order valence-corrected chi connectivity index (χ2v) is 5.59. The van der Waals surface area contributed by atoms with Crippen LogP contribution in [-0.4, -0.2) is 35.6 Å². The van der Waals surface area contributed by atoms with Crippen LogP contribution < -0.4 is 0 Å². The predicted octanol–water partition coefficient (Wildman–Crippen LogP) is 2.79. The maximum Gasteiger partial charge on any atom is 0.254 e. The van der Waals surface area contributed by atoms with Crippen molar-refractivity contribution in [3.8, 4) is 0 Å². The highest BCUT2D eigenvalue weighted by Gasteiger charge is 2.15. The number of aliphatic hydroxyl groups is 1. The van der Waals surface area contributed by atoms with Crippen LogP contribution in [0.4, 0.5) is 0 Å². The molecule has 0 radical (unpaired) electrons. The number of hydrogen-bond acceptors (Lipinski definition) is 2. The van der Waals surface area contributed by atoms with Crippen LogP contribution in [-0.2, 0) is 0 Å². The van der Waals surface area contributed by atoms with E-state index in [0.717, 1.165) is 3.57 Å². The van der Waals surface area contributed by atoms with Gasteiger partial charge in [-0.3, -0.25) is 4.79 Å². The molecule has 0 saturated heterocycles. The zero-order valence-corrected chi connectivity index (χ0v) is 12.7. The predicted molar refractivity (Wildman–Crippen MR) is 77.4 cm³/mol. The van der Waals surface area contributed by atoms with Crippen LogP contribution in [0.1, 0.15) is 23.7 Å². The number of amides is 1. The molecule has 1 aromatic rings. The van der Waals surface area contributed by atoms with E-state index in [2.05, 4.69) is 22.6 Å². The number of carbonyl (C=O) groups excluding carboxylic acids is 1. The molecule has 1 N–H and O–H groups in total. The van der Waals surface area contributed by atoms with Crippen LogP contribution in [0.3, 0.4) is 0 Å². The third kappa shape index (κ3) is 4.44. The largest absolute Gasteiger partial charge is 0.393 e. The molecule has 0 aliphatic carbocycles. The van der Waals surface area contributed by atoms with Crippen LogP contribution >= 0.6 is 34.2 Å². The van der Waals surface area contributed by atoms with Gasteiger partial charge in [-0.1, -0.05) is 11.6 Å². The standard InChI is InChI=1S/C12H15ClINO2/c1-8(16)5-6-15(2)12(17)10-7-9(13)3-4-11(10)14/h3-4,7-8,16H,5-6H2,1-2H3. The molecule has 0 fully saturated rings. The average molecular weight is 368 g/mol. The number of rotatable bonds is 4. The van der Waals surface area contributed by atoms with Crippen molar-refractivity contribution in [2.45, 2.75) is 19.4 Å². The van der Waals surface area contributed by atoms with Gasteiger partial charge < -0.3 is 10.0 Å². The minimum atomic E-state index is -0.399. The Morgan fingerprint density at radius 2 is 2.24 bits per heavy atom. The minimum absolute atomic E-state index is 0.0717. The van der Waals surface area contributed by atoms with Gasteiger partial charge in [-0.05, 0) is 54.1 Å². The van der Waals surface area contributed by atoms with E-state index < -0.39 is 6.10 Å². The minimum Gasteiger partial charge on any atom is -0.393 e. The molecular weight excluding hydrogens is 352 g/mol. The van der Waals surface area contributed by atoms with Crippen LogP contribution in [0.15, 0.2) is 18.2 Å². The molecule has 5 heteroatoms. The highest BCUT2D eigenvalue weighted by atomic mass is 127. The zero-order valence-electron chi connectivity index (χ0n) is 9.78. The summed E-state index contributed by atoms with van der Waals surface area (Å²) in [5.74, 6) is -0.0717. The summed E-state index contributed by atoms with van der Waals surface area (Å²) in [5, 5.41) is 9.75. The van der Waals surface area contributed by atoms with E-state index in [-0.39, 0.29) is 5.91 Å². The molecule has 0 heterocycles. The quantitative estimate of drug-likeness (QED) is 0.832. The van der Waals surface area contributed by atoms with Crippen molar-refractivity contribution in [3.05, 3.63) is 32.4 Å². The molecule has 0 saturated carbocycles. The number of halogens is 2. The van der Waals surface area contributed by atoms with Gasteiger partial charge in [-0.15, -0.1) is 0 Å². The maximum atomic E-state index is 12.1.